The van der Waals surface area contributed by atoms with Crippen LogP contribution in [0.1, 0.15) is 37.2 Å². The molecule has 1 aromatic rings. The highest BCUT2D eigenvalue weighted by molar-refractivity contribution is 6.07. The van der Waals surface area contributed by atoms with E-state index in [1.807, 2.05) is 11.0 Å². The van der Waals surface area contributed by atoms with Crippen molar-refractivity contribution in [2.24, 2.45) is 17.1 Å². The number of amides is 2. The van der Waals surface area contributed by atoms with Gasteiger partial charge in [0.1, 0.15) is 5.41 Å². The molecular weight excluding hydrogens is 358 g/mol. The summed E-state index contributed by atoms with van der Waals surface area (Å²) in [6.07, 6.45) is 3.45. The zero-order chi connectivity index (χ0) is 19.0. The largest absolute Gasteiger partial charge is 0.454 e. The van der Waals surface area contributed by atoms with Crippen molar-refractivity contribution in [3.63, 3.8) is 0 Å². The van der Waals surface area contributed by atoms with Crippen LogP contribution in [0.4, 0.5) is 0 Å². The molecule has 0 unspecified atom stereocenters. The summed E-state index contributed by atoms with van der Waals surface area (Å²) in [6.45, 7) is 3.09. The molecule has 5 fully saturated rings. The van der Waals surface area contributed by atoms with Gasteiger partial charge in [0.2, 0.25) is 18.6 Å². The maximum atomic E-state index is 13.4. The molecule has 3 atom stereocenters. The summed E-state index contributed by atoms with van der Waals surface area (Å²) in [5.74, 6) is 1.80. The van der Waals surface area contributed by atoms with Crippen LogP contribution in [0.15, 0.2) is 18.2 Å². The number of fused-ring (bicyclic) bond motifs is 3. The van der Waals surface area contributed by atoms with Crippen molar-refractivity contribution in [1.82, 2.24) is 9.80 Å². The molecule has 148 valence electrons. The van der Waals surface area contributed by atoms with Crippen LogP contribution in [0.5, 0.6) is 11.5 Å². The van der Waals surface area contributed by atoms with Crippen LogP contribution in [0.2, 0.25) is 0 Å². The van der Waals surface area contributed by atoms with Gasteiger partial charge in [-0.3, -0.25) is 14.5 Å². The van der Waals surface area contributed by atoms with Crippen LogP contribution in [-0.2, 0) is 9.59 Å². The van der Waals surface area contributed by atoms with Gasteiger partial charge in [-0.1, -0.05) is 6.07 Å². The number of benzene rings is 1. The van der Waals surface area contributed by atoms with Crippen molar-refractivity contribution >= 4 is 11.8 Å². The second-order valence-electron chi connectivity index (χ2n) is 8.98. The molecule has 7 nitrogen and oxygen atoms in total. The lowest BCUT2D eigenvalue weighted by Gasteiger charge is -2.51. The summed E-state index contributed by atoms with van der Waals surface area (Å²) in [4.78, 5) is 30.0. The number of nitrogens with zero attached hydrogens (tertiary/aromatic N) is 2. The topological polar surface area (TPSA) is 85.1 Å². The van der Waals surface area contributed by atoms with E-state index in [1.165, 1.54) is 5.56 Å². The highest BCUT2D eigenvalue weighted by Gasteiger charge is 2.62. The monoisotopic (exact) mass is 383 g/mol. The van der Waals surface area contributed by atoms with Crippen molar-refractivity contribution in [1.29, 1.82) is 0 Å². The Balaban J connectivity index is 1.38. The molecule has 0 aromatic heterocycles. The van der Waals surface area contributed by atoms with Gasteiger partial charge in [0.15, 0.2) is 11.5 Å². The third-order valence-electron chi connectivity index (χ3n) is 7.71. The molecule has 0 radical (unpaired) electrons. The van der Waals surface area contributed by atoms with E-state index >= 15 is 0 Å². The molecule has 1 aliphatic carbocycles. The maximum Gasteiger partial charge on any atom is 0.238 e. The Morgan fingerprint density at radius 2 is 1.82 bits per heavy atom. The van der Waals surface area contributed by atoms with Gasteiger partial charge in [-0.05, 0) is 62.4 Å². The Labute approximate surface area is 163 Å². The van der Waals surface area contributed by atoms with Crippen LogP contribution in [-0.4, -0.2) is 60.1 Å². The number of primary amides is 1. The number of nitrogens with two attached hydrogens (primary N) is 1. The number of carbonyl (C=O) groups excluding carboxylic acids is 2. The molecule has 2 amide bonds. The first-order valence-electron chi connectivity index (χ1n) is 10.3. The summed E-state index contributed by atoms with van der Waals surface area (Å²) in [6, 6.07) is 6.64. The number of ether oxygens (including phenoxy) is 2. The van der Waals surface area contributed by atoms with Gasteiger partial charge in [0.05, 0.1) is 6.04 Å². The molecule has 5 aliphatic heterocycles. The van der Waals surface area contributed by atoms with Crippen LogP contribution in [0.25, 0.3) is 0 Å². The molecule has 28 heavy (non-hydrogen) atoms. The average molecular weight is 383 g/mol. The Bertz CT molecular complexity index is 859. The quantitative estimate of drug-likeness (QED) is 0.790. The smallest absolute Gasteiger partial charge is 0.238 e. The third-order valence-corrected chi connectivity index (χ3v) is 7.71. The summed E-state index contributed by atoms with van der Waals surface area (Å²) in [5.41, 5.74) is 5.87. The minimum atomic E-state index is -0.944. The summed E-state index contributed by atoms with van der Waals surface area (Å²) >= 11 is 0. The fourth-order valence-corrected chi connectivity index (χ4v) is 6.06. The zero-order valence-electron chi connectivity index (χ0n) is 15.8. The lowest BCUT2D eigenvalue weighted by Crippen LogP contribution is -2.61. The fraction of sp³-hybridized carbons (Fsp3) is 0.619. The van der Waals surface area contributed by atoms with Gasteiger partial charge in [0.25, 0.3) is 0 Å². The minimum Gasteiger partial charge on any atom is -0.454 e. The second kappa shape index (κ2) is 5.63. The van der Waals surface area contributed by atoms with Gasteiger partial charge in [-0.15, -0.1) is 0 Å². The molecule has 6 aliphatic rings. The minimum absolute atomic E-state index is 0.0352. The van der Waals surface area contributed by atoms with Crippen molar-refractivity contribution in [3.05, 3.63) is 23.8 Å². The number of likely N-dealkylation sites (tertiary alicyclic amines) is 1. The van der Waals surface area contributed by atoms with E-state index in [0.29, 0.717) is 31.3 Å². The summed E-state index contributed by atoms with van der Waals surface area (Å²) in [5, 5.41) is 0. The van der Waals surface area contributed by atoms with Crippen molar-refractivity contribution in [2.75, 3.05) is 26.4 Å². The van der Waals surface area contributed by atoms with Crippen LogP contribution < -0.4 is 15.2 Å². The molecule has 7 heteroatoms. The van der Waals surface area contributed by atoms with E-state index in [-0.39, 0.29) is 24.7 Å². The van der Waals surface area contributed by atoms with E-state index in [0.717, 1.165) is 37.4 Å². The SMILES string of the molecule is NC(=O)C1(C(=O)N2C[C@H](c3ccc4c(c3)OCO4)[C@@H]3[C@H]2C2CCN3CC2)CC1. The fourth-order valence-electron chi connectivity index (χ4n) is 6.06. The van der Waals surface area contributed by atoms with Gasteiger partial charge >= 0.3 is 0 Å². The highest BCUT2D eigenvalue weighted by atomic mass is 16.7. The average Bonchev–Trinajstić information content (AvgIpc) is 3.22. The van der Waals surface area contributed by atoms with Crippen LogP contribution >= 0.6 is 0 Å². The summed E-state index contributed by atoms with van der Waals surface area (Å²) < 4.78 is 11.1. The van der Waals surface area contributed by atoms with E-state index in [2.05, 4.69) is 17.0 Å². The normalized spacial score (nSPS) is 36.3. The molecule has 5 heterocycles. The maximum absolute atomic E-state index is 13.4. The van der Waals surface area contributed by atoms with E-state index in [9.17, 15) is 9.59 Å². The lowest BCUT2D eigenvalue weighted by atomic mass is 9.75. The molecule has 2 N–H and O–H groups in total. The predicted molar refractivity (Wildman–Crippen MR) is 99.8 cm³/mol. The van der Waals surface area contributed by atoms with Gasteiger partial charge in [-0.2, -0.15) is 0 Å². The first-order chi connectivity index (χ1) is 13.6. The van der Waals surface area contributed by atoms with E-state index < -0.39 is 11.3 Å². The Morgan fingerprint density at radius 1 is 1.07 bits per heavy atom. The Kier molecular flexibility index (Phi) is 3.35. The van der Waals surface area contributed by atoms with E-state index in [1.54, 1.807) is 0 Å². The van der Waals surface area contributed by atoms with E-state index in [4.69, 9.17) is 15.2 Å². The molecule has 1 aromatic carbocycles. The van der Waals surface area contributed by atoms with Crippen LogP contribution in [0.3, 0.4) is 0 Å². The molecule has 4 saturated heterocycles. The van der Waals surface area contributed by atoms with Gasteiger partial charge < -0.3 is 20.1 Å². The number of hydrogen-bond acceptors (Lipinski definition) is 5. The Hall–Kier alpha value is -2.28. The van der Waals surface area contributed by atoms with Gasteiger partial charge in [-0.25, -0.2) is 0 Å². The molecular formula is C21H25N3O4. The van der Waals surface area contributed by atoms with Crippen LogP contribution in [0, 0.1) is 11.3 Å². The molecule has 1 saturated carbocycles. The zero-order valence-corrected chi connectivity index (χ0v) is 15.8. The van der Waals surface area contributed by atoms with Crippen molar-refractivity contribution in [3.8, 4) is 11.5 Å². The number of hydrogen-bond donors (Lipinski definition) is 1. The molecule has 2 bridgehead atoms. The van der Waals surface area contributed by atoms with Gasteiger partial charge in [0, 0.05) is 18.5 Å². The number of piperidine rings is 3. The summed E-state index contributed by atoms with van der Waals surface area (Å²) in [7, 11) is 0. The number of rotatable bonds is 3. The standard InChI is InChI=1S/C21H25N3O4/c22-19(25)21(5-6-21)20(26)24-10-14(13-1-2-15-16(9-13)28-11-27-15)18-17(24)12-3-7-23(18)8-4-12/h1-2,9,12,14,17-18H,3-8,10-11H2,(H2,22,25)/t14-,17-,18-/m1/s1. The first-order valence-corrected chi connectivity index (χ1v) is 10.3. The first kappa shape index (κ1) is 16.7. The van der Waals surface area contributed by atoms with Crippen molar-refractivity contribution < 1.29 is 19.1 Å². The highest BCUT2D eigenvalue weighted by Crippen LogP contribution is 2.53. The lowest BCUT2D eigenvalue weighted by molar-refractivity contribution is -0.146. The molecule has 0 spiro atoms. The second-order valence-corrected chi connectivity index (χ2v) is 8.98. The third kappa shape index (κ3) is 2.14. The molecule has 7 rings (SSSR count). The van der Waals surface area contributed by atoms with Crippen molar-refractivity contribution in [2.45, 2.75) is 43.7 Å². The Morgan fingerprint density at radius 3 is 2.54 bits per heavy atom. The number of carbonyl (C=O) groups is 2. The predicted octanol–water partition coefficient (Wildman–Crippen LogP) is 1.07.